The molecule has 4 rings (SSSR count). The van der Waals surface area contributed by atoms with Crippen molar-refractivity contribution in [2.45, 2.75) is 58.7 Å². The lowest BCUT2D eigenvalue weighted by Crippen LogP contribution is -2.40. The molecule has 1 fully saturated rings. The highest BCUT2D eigenvalue weighted by atomic mass is 19.1. The highest BCUT2D eigenvalue weighted by Gasteiger charge is 2.23. The molecule has 1 aliphatic carbocycles. The number of esters is 1. The number of hydrogen-bond acceptors (Lipinski definition) is 8. The van der Waals surface area contributed by atoms with Crippen LogP contribution in [0.4, 0.5) is 4.39 Å². The Morgan fingerprint density at radius 3 is 2.62 bits per heavy atom. The minimum Gasteiger partial charge on any atom is -0.494 e. The van der Waals surface area contributed by atoms with Gasteiger partial charge in [0.2, 0.25) is 0 Å². The summed E-state index contributed by atoms with van der Waals surface area (Å²) in [5.74, 6) is -0.601. The van der Waals surface area contributed by atoms with E-state index in [9.17, 15) is 18.8 Å². The van der Waals surface area contributed by atoms with Crippen LogP contribution in [0.5, 0.6) is 5.75 Å². The van der Waals surface area contributed by atoms with E-state index in [1.807, 2.05) is 6.07 Å². The van der Waals surface area contributed by atoms with Crippen molar-refractivity contribution >= 4 is 17.8 Å². The van der Waals surface area contributed by atoms with E-state index >= 15 is 0 Å². The fraction of sp³-hybridized carbons (Fsp3) is 0.429. The molecule has 0 unspecified atom stereocenters. The fourth-order valence-corrected chi connectivity index (χ4v) is 4.71. The standard InChI is InChI=1S/C28H33FN6O5/c1-17-10-21(12-24(32-17)28(38)30-13-20-6-9-23(29)25(11-20)39-3)27-31-16-35(34-27)14-19-4-7-22(8-5-19)33-26(37)15-40-18(2)36/h6,9-12,16,19,22H,4-5,7-8,13-15H2,1-3H3,(H,30,38)(H,33,37)/t19-,22-. The van der Waals surface area contributed by atoms with E-state index < -0.39 is 11.8 Å². The Bertz CT molecular complexity index is 1370. The number of carbonyl (C=O) groups is 3. The third-order valence-electron chi connectivity index (χ3n) is 6.71. The van der Waals surface area contributed by atoms with Gasteiger partial charge in [0.1, 0.15) is 12.0 Å². The van der Waals surface area contributed by atoms with E-state index in [0.29, 0.717) is 35.1 Å². The summed E-state index contributed by atoms with van der Waals surface area (Å²) >= 11 is 0. The second kappa shape index (κ2) is 13.1. The Hall–Kier alpha value is -4.35. The van der Waals surface area contributed by atoms with Crippen molar-refractivity contribution in [3.05, 3.63) is 59.4 Å². The lowest BCUT2D eigenvalue weighted by atomic mass is 9.86. The molecule has 0 bridgehead atoms. The number of halogens is 1. The summed E-state index contributed by atoms with van der Waals surface area (Å²) in [6.45, 7) is 3.70. The third kappa shape index (κ3) is 7.84. The number of aryl methyl sites for hydroxylation is 1. The van der Waals surface area contributed by atoms with Crippen LogP contribution in [0.1, 0.15) is 54.4 Å². The van der Waals surface area contributed by atoms with Gasteiger partial charge in [0.05, 0.1) is 7.11 Å². The Labute approximate surface area is 231 Å². The molecule has 2 N–H and O–H groups in total. The number of nitrogens with zero attached hydrogens (tertiary/aromatic N) is 4. The SMILES string of the molecule is COc1cc(CNC(=O)c2cc(-c3ncn(C[C@H]4CC[C@H](NC(=O)COC(C)=O)CC4)n3)cc(C)n2)ccc1F. The molecule has 1 aliphatic rings. The summed E-state index contributed by atoms with van der Waals surface area (Å²) in [5, 5.41) is 10.3. The Balaban J connectivity index is 1.31. The van der Waals surface area contributed by atoms with Gasteiger partial charge in [-0.25, -0.2) is 14.4 Å². The summed E-state index contributed by atoms with van der Waals surface area (Å²) in [5.41, 5.74) is 2.25. The first-order valence-corrected chi connectivity index (χ1v) is 13.1. The second-order valence-electron chi connectivity index (χ2n) is 9.89. The molecular formula is C28H33FN6O5. The van der Waals surface area contributed by atoms with Gasteiger partial charge in [0.25, 0.3) is 11.8 Å². The number of ether oxygens (including phenoxy) is 2. The minimum atomic E-state index is -0.476. The molecule has 0 spiro atoms. The van der Waals surface area contributed by atoms with Crippen LogP contribution in [-0.2, 0) is 27.4 Å². The van der Waals surface area contributed by atoms with E-state index in [1.54, 1.807) is 30.1 Å². The van der Waals surface area contributed by atoms with Gasteiger partial charge in [0.15, 0.2) is 24.0 Å². The van der Waals surface area contributed by atoms with Crippen molar-refractivity contribution < 1.29 is 28.2 Å². The molecule has 2 aromatic heterocycles. The molecule has 0 aliphatic heterocycles. The van der Waals surface area contributed by atoms with Crippen molar-refractivity contribution in [1.29, 1.82) is 0 Å². The molecular weight excluding hydrogens is 519 g/mol. The highest BCUT2D eigenvalue weighted by Crippen LogP contribution is 2.26. The number of benzene rings is 1. The number of rotatable bonds is 10. The zero-order valence-electron chi connectivity index (χ0n) is 22.8. The average molecular weight is 553 g/mol. The fourth-order valence-electron chi connectivity index (χ4n) is 4.71. The molecule has 0 atom stereocenters. The van der Waals surface area contributed by atoms with Gasteiger partial charge in [-0.05, 0) is 68.4 Å². The first-order valence-electron chi connectivity index (χ1n) is 13.1. The molecule has 0 saturated heterocycles. The molecule has 12 heteroatoms. The molecule has 1 aromatic carbocycles. The zero-order valence-corrected chi connectivity index (χ0v) is 22.8. The Morgan fingerprint density at radius 1 is 1.12 bits per heavy atom. The van der Waals surface area contributed by atoms with Gasteiger partial charge in [0, 0.05) is 37.3 Å². The number of carbonyl (C=O) groups excluding carboxylic acids is 3. The molecule has 1 saturated carbocycles. The van der Waals surface area contributed by atoms with Crippen LogP contribution in [0.15, 0.2) is 36.7 Å². The smallest absolute Gasteiger partial charge is 0.303 e. The predicted octanol–water partition coefficient (Wildman–Crippen LogP) is 2.96. The van der Waals surface area contributed by atoms with E-state index in [-0.39, 0.29) is 42.5 Å². The van der Waals surface area contributed by atoms with Crippen LogP contribution >= 0.6 is 0 Å². The molecule has 3 aromatic rings. The first kappa shape index (κ1) is 28.7. The van der Waals surface area contributed by atoms with Crippen LogP contribution in [0.3, 0.4) is 0 Å². The Morgan fingerprint density at radius 2 is 1.90 bits per heavy atom. The summed E-state index contributed by atoms with van der Waals surface area (Å²) in [6, 6.07) is 7.96. The van der Waals surface area contributed by atoms with E-state index in [1.165, 1.54) is 26.2 Å². The minimum absolute atomic E-state index is 0.0695. The van der Waals surface area contributed by atoms with E-state index in [4.69, 9.17) is 9.47 Å². The largest absolute Gasteiger partial charge is 0.494 e. The normalized spacial score (nSPS) is 16.7. The van der Waals surface area contributed by atoms with Gasteiger partial charge in [-0.2, -0.15) is 5.10 Å². The quantitative estimate of drug-likeness (QED) is 0.366. The third-order valence-corrected chi connectivity index (χ3v) is 6.71. The molecule has 11 nitrogen and oxygen atoms in total. The number of pyridine rings is 1. The van der Waals surface area contributed by atoms with Crippen LogP contribution < -0.4 is 15.4 Å². The molecule has 2 heterocycles. The number of methoxy groups -OCH3 is 1. The second-order valence-corrected chi connectivity index (χ2v) is 9.89. The van der Waals surface area contributed by atoms with Crippen molar-refractivity contribution in [3.8, 4) is 17.1 Å². The van der Waals surface area contributed by atoms with Gasteiger partial charge in [-0.1, -0.05) is 6.07 Å². The van der Waals surface area contributed by atoms with E-state index in [0.717, 1.165) is 25.7 Å². The maximum Gasteiger partial charge on any atom is 0.303 e. The first-order chi connectivity index (χ1) is 19.2. The van der Waals surface area contributed by atoms with Gasteiger partial charge < -0.3 is 20.1 Å². The summed E-state index contributed by atoms with van der Waals surface area (Å²) in [7, 11) is 1.39. The van der Waals surface area contributed by atoms with Gasteiger partial charge in [-0.15, -0.1) is 0 Å². The maximum atomic E-state index is 13.7. The summed E-state index contributed by atoms with van der Waals surface area (Å²) in [6.07, 6.45) is 5.20. The summed E-state index contributed by atoms with van der Waals surface area (Å²) in [4.78, 5) is 44.4. The maximum absolute atomic E-state index is 13.7. The Kier molecular flexibility index (Phi) is 9.41. The molecule has 0 radical (unpaired) electrons. The number of hydrogen-bond donors (Lipinski definition) is 2. The van der Waals surface area contributed by atoms with Crippen molar-refractivity contribution in [3.63, 3.8) is 0 Å². The monoisotopic (exact) mass is 552 g/mol. The topological polar surface area (TPSA) is 137 Å². The van der Waals surface area contributed by atoms with Crippen LogP contribution in [0.2, 0.25) is 0 Å². The van der Waals surface area contributed by atoms with Gasteiger partial charge in [-0.3, -0.25) is 19.1 Å². The molecule has 2 amide bonds. The van der Waals surface area contributed by atoms with Crippen molar-refractivity contribution in [2.24, 2.45) is 5.92 Å². The van der Waals surface area contributed by atoms with Crippen LogP contribution in [0.25, 0.3) is 11.4 Å². The number of nitrogens with one attached hydrogen (secondary N) is 2. The van der Waals surface area contributed by atoms with Crippen LogP contribution in [0, 0.1) is 18.7 Å². The van der Waals surface area contributed by atoms with Crippen molar-refractivity contribution in [1.82, 2.24) is 30.4 Å². The molecule has 40 heavy (non-hydrogen) atoms. The summed E-state index contributed by atoms with van der Waals surface area (Å²) < 4.78 is 25.2. The number of aromatic nitrogens is 4. The zero-order chi connectivity index (χ0) is 28.6. The average Bonchev–Trinajstić information content (AvgIpc) is 3.40. The van der Waals surface area contributed by atoms with Gasteiger partial charge >= 0.3 is 5.97 Å². The lowest BCUT2D eigenvalue weighted by molar-refractivity contribution is -0.146. The number of amides is 2. The van der Waals surface area contributed by atoms with Crippen molar-refractivity contribution in [2.75, 3.05) is 13.7 Å². The predicted molar refractivity (Wildman–Crippen MR) is 143 cm³/mol. The van der Waals surface area contributed by atoms with E-state index in [2.05, 4.69) is 25.7 Å². The van der Waals surface area contributed by atoms with Crippen LogP contribution in [-0.4, -0.2) is 57.3 Å². The molecule has 212 valence electrons. The lowest BCUT2D eigenvalue weighted by Gasteiger charge is -2.28. The highest BCUT2D eigenvalue weighted by molar-refractivity contribution is 5.93.